The number of fused-ring (bicyclic) bond motifs is 1. The van der Waals surface area contributed by atoms with Crippen molar-refractivity contribution in [1.29, 1.82) is 0 Å². The Morgan fingerprint density at radius 1 is 1.32 bits per heavy atom. The van der Waals surface area contributed by atoms with Gasteiger partial charge in [0.15, 0.2) is 0 Å². The van der Waals surface area contributed by atoms with Crippen LogP contribution in [0.3, 0.4) is 0 Å². The number of ether oxygens (including phenoxy) is 1. The first-order chi connectivity index (χ1) is 10.1. The standard InChI is InChI=1S/C15H12ClN3O2.CH4/c1-19-8-11(9-5-3-4-6-12(9)19)13-10(14(20)21-2)7-17-15(16)18-13;/h3-8H,1-2H3;1H4. The number of aryl methyl sites for hydroxylation is 1. The van der Waals surface area contributed by atoms with Gasteiger partial charge in [0.2, 0.25) is 5.28 Å². The number of aromatic nitrogens is 3. The molecular formula is C16H16ClN3O2. The van der Waals surface area contributed by atoms with E-state index in [1.807, 2.05) is 42.1 Å². The van der Waals surface area contributed by atoms with Gasteiger partial charge in [-0.05, 0) is 17.7 Å². The molecule has 0 fully saturated rings. The van der Waals surface area contributed by atoms with Crippen molar-refractivity contribution >= 4 is 28.5 Å². The second-order valence-corrected chi connectivity index (χ2v) is 4.90. The van der Waals surface area contributed by atoms with Gasteiger partial charge in [-0.15, -0.1) is 0 Å². The number of methoxy groups -OCH3 is 1. The molecule has 1 aromatic carbocycles. The molecule has 0 saturated heterocycles. The predicted molar refractivity (Wildman–Crippen MR) is 87.0 cm³/mol. The van der Waals surface area contributed by atoms with Crippen LogP contribution < -0.4 is 0 Å². The van der Waals surface area contributed by atoms with E-state index in [1.165, 1.54) is 13.3 Å². The minimum atomic E-state index is -0.491. The average Bonchev–Trinajstić information content (AvgIpc) is 2.84. The molecule has 0 aliphatic heterocycles. The zero-order chi connectivity index (χ0) is 15.0. The molecule has 0 saturated carbocycles. The summed E-state index contributed by atoms with van der Waals surface area (Å²) in [5, 5.41) is 1.07. The summed E-state index contributed by atoms with van der Waals surface area (Å²) in [5.74, 6) is -0.491. The lowest BCUT2D eigenvalue weighted by molar-refractivity contribution is 0.0600. The quantitative estimate of drug-likeness (QED) is 0.534. The van der Waals surface area contributed by atoms with Crippen LogP contribution in [0.2, 0.25) is 5.28 Å². The fourth-order valence-corrected chi connectivity index (χ4v) is 2.49. The number of nitrogens with zero attached hydrogens (tertiary/aromatic N) is 3. The van der Waals surface area contributed by atoms with Crippen LogP contribution in [-0.2, 0) is 11.8 Å². The summed E-state index contributed by atoms with van der Waals surface area (Å²) >= 11 is 5.89. The van der Waals surface area contributed by atoms with E-state index >= 15 is 0 Å². The third-order valence-corrected chi connectivity index (χ3v) is 3.50. The maximum atomic E-state index is 11.9. The first-order valence-corrected chi connectivity index (χ1v) is 6.65. The lowest BCUT2D eigenvalue weighted by Gasteiger charge is -2.06. The lowest BCUT2D eigenvalue weighted by atomic mass is 10.1. The molecule has 0 amide bonds. The largest absolute Gasteiger partial charge is 0.465 e. The second kappa shape index (κ2) is 6.15. The molecule has 2 heterocycles. The molecule has 0 aliphatic rings. The van der Waals surface area contributed by atoms with Crippen molar-refractivity contribution in [3.8, 4) is 11.3 Å². The van der Waals surface area contributed by atoms with E-state index in [2.05, 4.69) is 9.97 Å². The van der Waals surface area contributed by atoms with Crippen LogP contribution in [0.15, 0.2) is 36.7 Å². The minimum absolute atomic E-state index is 0. The Balaban J connectivity index is 0.00000176. The summed E-state index contributed by atoms with van der Waals surface area (Å²) in [4.78, 5) is 20.0. The molecule has 0 radical (unpaired) electrons. The van der Waals surface area contributed by atoms with Gasteiger partial charge in [0, 0.05) is 35.9 Å². The molecule has 6 heteroatoms. The van der Waals surface area contributed by atoms with E-state index in [9.17, 15) is 4.79 Å². The summed E-state index contributed by atoms with van der Waals surface area (Å²) in [6.45, 7) is 0. The van der Waals surface area contributed by atoms with Crippen LogP contribution >= 0.6 is 11.6 Å². The van der Waals surface area contributed by atoms with Crippen LogP contribution in [0.25, 0.3) is 22.2 Å². The average molecular weight is 318 g/mol. The van der Waals surface area contributed by atoms with Gasteiger partial charge < -0.3 is 9.30 Å². The van der Waals surface area contributed by atoms with Crippen LogP contribution in [0.5, 0.6) is 0 Å². The molecule has 2 aromatic heterocycles. The van der Waals surface area contributed by atoms with Crippen LogP contribution in [0.4, 0.5) is 0 Å². The number of benzene rings is 1. The Kier molecular flexibility index (Phi) is 4.47. The van der Waals surface area contributed by atoms with Crippen LogP contribution in [0, 0.1) is 0 Å². The highest BCUT2D eigenvalue weighted by Crippen LogP contribution is 2.31. The van der Waals surface area contributed by atoms with Gasteiger partial charge in [-0.2, -0.15) is 0 Å². The third kappa shape index (κ3) is 2.55. The topological polar surface area (TPSA) is 57.0 Å². The third-order valence-electron chi connectivity index (χ3n) is 3.32. The Morgan fingerprint density at radius 3 is 2.77 bits per heavy atom. The van der Waals surface area contributed by atoms with E-state index in [0.29, 0.717) is 11.3 Å². The molecule has 114 valence electrons. The fourth-order valence-electron chi connectivity index (χ4n) is 2.36. The molecule has 0 bridgehead atoms. The van der Waals surface area contributed by atoms with Crippen molar-refractivity contribution < 1.29 is 9.53 Å². The molecule has 0 atom stereocenters. The van der Waals surface area contributed by atoms with Crippen molar-refractivity contribution in [2.24, 2.45) is 7.05 Å². The Labute approximate surface area is 133 Å². The second-order valence-electron chi connectivity index (χ2n) is 4.56. The van der Waals surface area contributed by atoms with Gasteiger partial charge in [0.05, 0.1) is 12.8 Å². The number of carbonyl (C=O) groups is 1. The first-order valence-electron chi connectivity index (χ1n) is 6.27. The maximum Gasteiger partial charge on any atom is 0.341 e. The van der Waals surface area contributed by atoms with Crippen molar-refractivity contribution in [2.75, 3.05) is 7.11 Å². The van der Waals surface area contributed by atoms with E-state index in [4.69, 9.17) is 16.3 Å². The van der Waals surface area contributed by atoms with Crippen LogP contribution in [-0.4, -0.2) is 27.6 Å². The van der Waals surface area contributed by atoms with Crippen molar-refractivity contribution in [1.82, 2.24) is 14.5 Å². The normalized spacial score (nSPS) is 10.3. The molecule has 0 N–H and O–H groups in total. The molecule has 5 nitrogen and oxygen atoms in total. The fraction of sp³-hybridized carbons (Fsp3) is 0.188. The highest BCUT2D eigenvalue weighted by atomic mass is 35.5. The maximum absolute atomic E-state index is 11.9. The predicted octanol–water partition coefficient (Wildman–Crippen LogP) is 3.71. The molecule has 0 spiro atoms. The van der Waals surface area contributed by atoms with E-state index in [1.54, 1.807) is 0 Å². The number of rotatable bonds is 2. The number of hydrogen-bond acceptors (Lipinski definition) is 4. The Bertz CT molecular complexity index is 843. The van der Waals surface area contributed by atoms with Gasteiger partial charge in [0.1, 0.15) is 5.56 Å². The van der Waals surface area contributed by atoms with Gasteiger partial charge >= 0.3 is 5.97 Å². The smallest absolute Gasteiger partial charge is 0.341 e. The number of carbonyl (C=O) groups excluding carboxylic acids is 1. The summed E-state index contributed by atoms with van der Waals surface area (Å²) < 4.78 is 6.76. The van der Waals surface area contributed by atoms with Crippen molar-refractivity contribution in [3.05, 3.63) is 47.5 Å². The van der Waals surface area contributed by atoms with Gasteiger partial charge in [0.25, 0.3) is 0 Å². The molecular weight excluding hydrogens is 302 g/mol. The number of hydrogen-bond donors (Lipinski definition) is 0. The summed E-state index contributed by atoms with van der Waals surface area (Å²) in [6.07, 6.45) is 3.30. The number of esters is 1. The molecule has 3 rings (SSSR count). The van der Waals surface area contributed by atoms with Gasteiger partial charge in [-0.25, -0.2) is 14.8 Å². The van der Waals surface area contributed by atoms with E-state index in [0.717, 1.165) is 16.5 Å². The summed E-state index contributed by atoms with van der Waals surface area (Å²) in [7, 11) is 3.26. The lowest BCUT2D eigenvalue weighted by Crippen LogP contribution is -2.06. The highest BCUT2D eigenvalue weighted by molar-refractivity contribution is 6.28. The van der Waals surface area contributed by atoms with E-state index < -0.39 is 5.97 Å². The zero-order valence-corrected chi connectivity index (χ0v) is 12.3. The SMILES string of the molecule is C.COC(=O)c1cnc(Cl)nc1-c1cn(C)c2ccccc12. The summed E-state index contributed by atoms with van der Waals surface area (Å²) in [5.41, 5.74) is 2.62. The van der Waals surface area contributed by atoms with Gasteiger partial charge in [-0.3, -0.25) is 0 Å². The molecule has 22 heavy (non-hydrogen) atoms. The number of para-hydroxylation sites is 1. The number of halogens is 1. The summed E-state index contributed by atoms with van der Waals surface area (Å²) in [6, 6.07) is 7.87. The monoisotopic (exact) mass is 317 g/mol. The molecule has 0 unspecified atom stereocenters. The van der Waals surface area contributed by atoms with Crippen molar-refractivity contribution in [3.63, 3.8) is 0 Å². The first kappa shape index (κ1) is 16.0. The Hall–Kier alpha value is -2.40. The van der Waals surface area contributed by atoms with E-state index in [-0.39, 0.29) is 12.7 Å². The van der Waals surface area contributed by atoms with Gasteiger partial charge in [-0.1, -0.05) is 25.6 Å². The molecule has 0 aliphatic carbocycles. The van der Waals surface area contributed by atoms with Crippen molar-refractivity contribution in [2.45, 2.75) is 7.43 Å². The Morgan fingerprint density at radius 2 is 2.05 bits per heavy atom. The van der Waals surface area contributed by atoms with Crippen LogP contribution in [0.1, 0.15) is 17.8 Å². The molecule has 3 aromatic rings. The highest BCUT2D eigenvalue weighted by Gasteiger charge is 2.19. The zero-order valence-electron chi connectivity index (χ0n) is 11.5. The minimum Gasteiger partial charge on any atom is -0.465 e.